The molecular formula is C25H20ClN3O6. The van der Waals surface area contributed by atoms with Crippen LogP contribution in [0, 0.1) is 0 Å². The maximum Gasteiger partial charge on any atom is 0.419 e. The van der Waals surface area contributed by atoms with Crippen LogP contribution < -0.4 is 5.76 Å². The molecule has 1 amide bonds. The van der Waals surface area contributed by atoms with Crippen molar-refractivity contribution in [3.05, 3.63) is 93.8 Å². The zero-order valence-corrected chi connectivity index (χ0v) is 19.2. The van der Waals surface area contributed by atoms with Crippen molar-refractivity contribution in [2.75, 3.05) is 6.61 Å². The summed E-state index contributed by atoms with van der Waals surface area (Å²) in [7, 11) is 0. The average molecular weight is 494 g/mol. The van der Waals surface area contributed by atoms with Crippen molar-refractivity contribution in [2.45, 2.75) is 25.4 Å². The molecule has 0 fully saturated rings. The Balaban J connectivity index is 1.24. The van der Waals surface area contributed by atoms with Gasteiger partial charge in [0.15, 0.2) is 12.2 Å². The van der Waals surface area contributed by atoms with Gasteiger partial charge in [0.1, 0.15) is 11.8 Å². The predicted octanol–water partition coefficient (Wildman–Crippen LogP) is 4.15. The van der Waals surface area contributed by atoms with E-state index in [1.54, 1.807) is 48.5 Å². The summed E-state index contributed by atoms with van der Waals surface area (Å²) in [6, 6.07) is 17.1. The molecule has 0 spiro atoms. The number of carbonyl (C=O) groups excluding carboxylic acids is 2. The topological polar surface area (TPSA) is 107 Å². The molecule has 1 aliphatic heterocycles. The number of benzene rings is 2. The first-order chi connectivity index (χ1) is 17.0. The lowest BCUT2D eigenvalue weighted by atomic mass is 10.0. The molecule has 0 bridgehead atoms. The Bertz CT molecular complexity index is 1450. The molecule has 4 aromatic rings. The summed E-state index contributed by atoms with van der Waals surface area (Å²) >= 11 is 5.98. The second-order valence-corrected chi connectivity index (χ2v) is 8.36. The second-order valence-electron chi connectivity index (χ2n) is 7.93. The van der Waals surface area contributed by atoms with Gasteiger partial charge in [-0.15, -0.1) is 0 Å². The van der Waals surface area contributed by atoms with Crippen molar-refractivity contribution >= 4 is 40.3 Å². The van der Waals surface area contributed by atoms with E-state index in [-0.39, 0.29) is 13.0 Å². The molecular weight excluding hydrogens is 474 g/mol. The number of hydrogen-bond donors (Lipinski definition) is 0. The van der Waals surface area contributed by atoms with E-state index in [0.29, 0.717) is 34.0 Å². The number of carbonyl (C=O) groups is 2. The number of amides is 1. The van der Waals surface area contributed by atoms with Crippen LogP contribution in [0.5, 0.6) is 0 Å². The number of aromatic nitrogens is 1. The number of furan rings is 1. The largest absolute Gasteiger partial charge is 0.467 e. The van der Waals surface area contributed by atoms with Crippen molar-refractivity contribution in [1.29, 1.82) is 0 Å². The Kier molecular flexibility index (Phi) is 6.24. The number of nitrogens with zero attached hydrogens (tertiary/aromatic N) is 3. The minimum absolute atomic E-state index is 0.0699. The maximum atomic E-state index is 13.0. The lowest BCUT2D eigenvalue weighted by Crippen LogP contribution is -2.31. The number of hydrazone groups is 1. The molecule has 3 heterocycles. The molecule has 1 atom stereocenters. The monoisotopic (exact) mass is 493 g/mol. The maximum absolute atomic E-state index is 13.0. The molecule has 10 heteroatoms. The first-order valence-corrected chi connectivity index (χ1v) is 11.3. The molecule has 0 radical (unpaired) electrons. The highest BCUT2D eigenvalue weighted by Gasteiger charge is 2.35. The molecule has 35 heavy (non-hydrogen) atoms. The molecule has 0 aliphatic carbocycles. The third kappa shape index (κ3) is 4.76. The number of para-hydroxylation sites is 2. The molecule has 0 saturated heterocycles. The van der Waals surface area contributed by atoms with Gasteiger partial charge in [0.05, 0.1) is 23.9 Å². The van der Waals surface area contributed by atoms with Gasteiger partial charge >= 0.3 is 11.7 Å². The molecule has 2 aromatic heterocycles. The third-order valence-electron chi connectivity index (χ3n) is 5.68. The molecule has 9 nitrogen and oxygen atoms in total. The number of oxazole rings is 1. The zero-order valence-electron chi connectivity index (χ0n) is 18.4. The van der Waals surface area contributed by atoms with Crippen LogP contribution in [0.4, 0.5) is 0 Å². The Morgan fingerprint density at radius 1 is 1.09 bits per heavy atom. The number of halogens is 1. The van der Waals surface area contributed by atoms with Crippen LogP contribution in [0.3, 0.4) is 0 Å². The van der Waals surface area contributed by atoms with Gasteiger partial charge in [0.2, 0.25) is 0 Å². The Morgan fingerprint density at radius 2 is 1.89 bits per heavy atom. The standard InChI is InChI=1S/C25H20ClN3O6/c26-17-9-7-16(8-10-17)18-14-20(21-6-3-13-33-21)29(27-18)23(30)15-34-24(31)11-12-28-19-4-1-2-5-22(19)35-25(28)32/h1-10,13,20H,11-12,14-15H2/t20-/m1/s1. The van der Waals surface area contributed by atoms with E-state index >= 15 is 0 Å². The number of hydrogen-bond acceptors (Lipinski definition) is 7. The van der Waals surface area contributed by atoms with E-state index < -0.39 is 30.3 Å². The summed E-state index contributed by atoms with van der Waals surface area (Å²) in [6.07, 6.45) is 1.86. The fourth-order valence-corrected chi connectivity index (χ4v) is 4.09. The number of fused-ring (bicyclic) bond motifs is 1. The van der Waals surface area contributed by atoms with Crippen LogP contribution in [0.15, 0.2) is 85.7 Å². The summed E-state index contributed by atoms with van der Waals surface area (Å²) in [4.78, 5) is 37.3. The van der Waals surface area contributed by atoms with Crippen LogP contribution in [-0.4, -0.2) is 33.8 Å². The van der Waals surface area contributed by atoms with Crippen molar-refractivity contribution in [3.8, 4) is 0 Å². The minimum Gasteiger partial charge on any atom is -0.467 e. The molecule has 5 rings (SSSR count). The van der Waals surface area contributed by atoms with Gasteiger partial charge in [-0.2, -0.15) is 5.10 Å². The van der Waals surface area contributed by atoms with E-state index in [9.17, 15) is 14.4 Å². The zero-order chi connectivity index (χ0) is 24.4. The Labute approximate surface area is 204 Å². The van der Waals surface area contributed by atoms with Crippen LogP contribution in [0.1, 0.15) is 30.2 Å². The number of aryl methyl sites for hydroxylation is 1. The molecule has 178 valence electrons. The van der Waals surface area contributed by atoms with Gasteiger partial charge in [-0.1, -0.05) is 35.9 Å². The van der Waals surface area contributed by atoms with E-state index in [4.69, 9.17) is 25.2 Å². The predicted molar refractivity (Wildman–Crippen MR) is 127 cm³/mol. The van der Waals surface area contributed by atoms with Crippen molar-refractivity contribution < 1.29 is 23.2 Å². The molecule has 0 saturated carbocycles. The summed E-state index contributed by atoms with van der Waals surface area (Å²) in [5.41, 5.74) is 2.54. The summed E-state index contributed by atoms with van der Waals surface area (Å²) < 4.78 is 17.2. The van der Waals surface area contributed by atoms with Gasteiger partial charge < -0.3 is 13.6 Å². The first kappa shape index (κ1) is 22.7. The van der Waals surface area contributed by atoms with Gasteiger partial charge in [0, 0.05) is 18.0 Å². The highest BCUT2D eigenvalue weighted by atomic mass is 35.5. The van der Waals surface area contributed by atoms with Crippen molar-refractivity contribution in [2.24, 2.45) is 5.10 Å². The van der Waals surface area contributed by atoms with Crippen LogP contribution in [0.25, 0.3) is 11.1 Å². The Morgan fingerprint density at radius 3 is 2.66 bits per heavy atom. The van der Waals surface area contributed by atoms with E-state index in [0.717, 1.165) is 5.56 Å². The highest BCUT2D eigenvalue weighted by Crippen LogP contribution is 2.33. The van der Waals surface area contributed by atoms with E-state index in [1.165, 1.54) is 15.8 Å². The molecule has 0 N–H and O–H groups in total. The second kappa shape index (κ2) is 9.63. The average Bonchev–Trinajstić information content (AvgIpc) is 3.60. The third-order valence-corrected chi connectivity index (χ3v) is 5.94. The first-order valence-electron chi connectivity index (χ1n) is 10.9. The van der Waals surface area contributed by atoms with Gasteiger partial charge in [0.25, 0.3) is 5.91 Å². The number of esters is 1. The SMILES string of the molecule is O=C(CCn1c(=O)oc2ccccc21)OCC(=O)N1N=C(c2ccc(Cl)cc2)C[C@@H]1c1ccco1. The van der Waals surface area contributed by atoms with Gasteiger partial charge in [-0.3, -0.25) is 14.2 Å². The quantitative estimate of drug-likeness (QED) is 0.358. The fraction of sp³-hybridized carbons (Fsp3) is 0.200. The lowest BCUT2D eigenvalue weighted by Gasteiger charge is -2.19. The normalized spacial score (nSPS) is 15.4. The summed E-state index contributed by atoms with van der Waals surface area (Å²) in [6.45, 7) is -0.422. The van der Waals surface area contributed by atoms with Crippen LogP contribution >= 0.6 is 11.6 Å². The van der Waals surface area contributed by atoms with Crippen molar-refractivity contribution in [1.82, 2.24) is 9.58 Å². The van der Waals surface area contributed by atoms with E-state index in [1.807, 2.05) is 12.1 Å². The molecule has 2 aromatic carbocycles. The van der Waals surface area contributed by atoms with E-state index in [2.05, 4.69) is 5.10 Å². The smallest absolute Gasteiger partial charge is 0.419 e. The summed E-state index contributed by atoms with van der Waals surface area (Å²) in [5.74, 6) is -1.10. The Hall–Kier alpha value is -4.11. The number of rotatable bonds is 7. The highest BCUT2D eigenvalue weighted by molar-refractivity contribution is 6.30. The molecule has 1 aliphatic rings. The number of ether oxygens (including phenoxy) is 1. The van der Waals surface area contributed by atoms with Crippen LogP contribution in [-0.2, 0) is 20.9 Å². The summed E-state index contributed by atoms with van der Waals surface area (Å²) in [5, 5.41) is 6.36. The van der Waals surface area contributed by atoms with Gasteiger partial charge in [-0.25, -0.2) is 9.80 Å². The van der Waals surface area contributed by atoms with Crippen molar-refractivity contribution in [3.63, 3.8) is 0 Å². The lowest BCUT2D eigenvalue weighted by molar-refractivity contribution is -0.153. The fourth-order valence-electron chi connectivity index (χ4n) is 3.97. The molecule has 0 unspecified atom stereocenters. The van der Waals surface area contributed by atoms with Crippen LogP contribution in [0.2, 0.25) is 5.02 Å². The van der Waals surface area contributed by atoms with Gasteiger partial charge in [-0.05, 0) is 42.0 Å². The minimum atomic E-state index is -0.619.